The maximum Gasteiger partial charge on any atom is 0.336 e. The Balaban J connectivity index is 4.36. The summed E-state index contributed by atoms with van der Waals surface area (Å²) in [5, 5.41) is 0. The molecule has 0 fully saturated rings. The van der Waals surface area contributed by atoms with E-state index >= 15 is 0 Å². The maximum absolute atomic E-state index is 10.8. The van der Waals surface area contributed by atoms with Gasteiger partial charge in [0.15, 0.2) is 4.33 Å². The second kappa shape index (κ2) is 4.19. The fraction of sp³-hybridized carbons (Fsp3) is 0.500. The molecule has 0 amide bonds. The van der Waals surface area contributed by atoms with E-state index in [0.717, 1.165) is 0 Å². The van der Waals surface area contributed by atoms with Crippen molar-refractivity contribution in [2.24, 2.45) is 0 Å². The second-order valence-corrected chi connectivity index (χ2v) is 3.56. The maximum atomic E-state index is 10.8. The van der Waals surface area contributed by atoms with Crippen molar-refractivity contribution in [3.05, 3.63) is 12.2 Å². The molecule has 0 aliphatic heterocycles. The summed E-state index contributed by atoms with van der Waals surface area (Å²) in [7, 11) is 1.21. The quantitative estimate of drug-likeness (QED) is 0.411. The fourth-order valence-corrected chi connectivity index (χ4v) is 0.669. The highest BCUT2D eigenvalue weighted by Gasteiger charge is 2.32. The normalized spacial score (nSPS) is 10.9. The first-order chi connectivity index (χ1) is 4.95. The Labute approximate surface area is 80.1 Å². The van der Waals surface area contributed by atoms with Crippen LogP contribution in [0.1, 0.15) is 0 Å². The summed E-state index contributed by atoms with van der Waals surface area (Å²) in [5.41, 5.74) is -0.0571. The van der Waals surface area contributed by atoms with Crippen molar-refractivity contribution in [2.75, 3.05) is 13.0 Å². The van der Waals surface area contributed by atoms with Gasteiger partial charge in [-0.25, -0.2) is 4.79 Å². The van der Waals surface area contributed by atoms with Crippen LogP contribution in [-0.2, 0) is 9.53 Å². The Morgan fingerprint density at radius 3 is 2.36 bits per heavy atom. The van der Waals surface area contributed by atoms with Crippen LogP contribution in [0.3, 0.4) is 0 Å². The zero-order chi connectivity index (χ0) is 9.07. The van der Waals surface area contributed by atoms with Crippen LogP contribution in [0.25, 0.3) is 0 Å². The van der Waals surface area contributed by atoms with Crippen molar-refractivity contribution in [3.8, 4) is 0 Å². The molecule has 0 atom stereocenters. The number of alkyl halides is 3. The summed E-state index contributed by atoms with van der Waals surface area (Å²) in [6.45, 7) is 3.35. The average molecular weight is 217 g/mol. The van der Waals surface area contributed by atoms with E-state index in [-0.39, 0.29) is 11.5 Å². The molecule has 64 valence electrons. The summed E-state index contributed by atoms with van der Waals surface area (Å²) in [4.78, 5) is 10.8. The lowest BCUT2D eigenvalue weighted by Gasteiger charge is -2.16. The molecule has 0 heterocycles. The van der Waals surface area contributed by atoms with E-state index in [1.807, 2.05) is 0 Å². The van der Waals surface area contributed by atoms with Crippen molar-refractivity contribution in [1.82, 2.24) is 0 Å². The number of carbonyl (C=O) groups is 1. The molecule has 2 nitrogen and oxygen atoms in total. The predicted octanol–water partition coefficient (Wildman–Crippen LogP) is 2.13. The summed E-state index contributed by atoms with van der Waals surface area (Å²) in [6.07, 6.45) is 0. The zero-order valence-electron chi connectivity index (χ0n) is 5.86. The smallest absolute Gasteiger partial charge is 0.336 e. The lowest BCUT2D eigenvalue weighted by Crippen LogP contribution is -2.24. The number of hydrogen-bond donors (Lipinski definition) is 0. The molecule has 0 aliphatic carbocycles. The second-order valence-electron chi connectivity index (χ2n) is 1.81. The van der Waals surface area contributed by atoms with E-state index in [4.69, 9.17) is 34.8 Å². The minimum absolute atomic E-state index is 0.0571. The van der Waals surface area contributed by atoms with Crippen molar-refractivity contribution < 1.29 is 9.53 Å². The molecular weight excluding hydrogens is 210 g/mol. The molecule has 0 aliphatic rings. The van der Waals surface area contributed by atoms with Crippen LogP contribution in [0, 0.1) is 0 Å². The number of methoxy groups -OCH3 is 1. The Kier molecular flexibility index (Phi) is 4.22. The van der Waals surface area contributed by atoms with Gasteiger partial charge in [0.05, 0.1) is 18.6 Å². The summed E-state index contributed by atoms with van der Waals surface area (Å²) >= 11 is 16.5. The van der Waals surface area contributed by atoms with Crippen LogP contribution in [-0.4, -0.2) is 23.3 Å². The number of rotatable bonds is 3. The number of hydrogen-bond acceptors (Lipinski definition) is 2. The molecule has 0 aromatic carbocycles. The van der Waals surface area contributed by atoms with Gasteiger partial charge in [-0.1, -0.05) is 29.8 Å². The molecule has 0 N–H and O–H groups in total. The standard InChI is InChI=1S/C6H7Cl3O2/c1-4(5(10)11-2)6(8,9)3-7/h1,3H2,2H3. The van der Waals surface area contributed by atoms with Gasteiger partial charge < -0.3 is 4.74 Å². The van der Waals surface area contributed by atoms with E-state index < -0.39 is 10.3 Å². The molecule has 11 heavy (non-hydrogen) atoms. The predicted molar refractivity (Wildman–Crippen MR) is 46.3 cm³/mol. The lowest BCUT2D eigenvalue weighted by molar-refractivity contribution is -0.136. The molecule has 0 bridgehead atoms. The van der Waals surface area contributed by atoms with Crippen LogP contribution in [0.4, 0.5) is 0 Å². The Morgan fingerprint density at radius 2 is 2.09 bits per heavy atom. The third-order valence-corrected chi connectivity index (χ3v) is 2.44. The van der Waals surface area contributed by atoms with Crippen LogP contribution < -0.4 is 0 Å². The number of esters is 1. The highest BCUT2D eigenvalue weighted by atomic mass is 35.5. The van der Waals surface area contributed by atoms with Crippen molar-refractivity contribution in [2.45, 2.75) is 4.33 Å². The van der Waals surface area contributed by atoms with Crippen molar-refractivity contribution >= 4 is 40.8 Å². The minimum Gasteiger partial charge on any atom is -0.466 e. The van der Waals surface area contributed by atoms with Gasteiger partial charge in [-0.2, -0.15) is 0 Å². The van der Waals surface area contributed by atoms with E-state index in [0.29, 0.717) is 0 Å². The molecule has 0 aromatic heterocycles. The molecule has 0 rings (SSSR count). The fourth-order valence-electron chi connectivity index (χ4n) is 0.353. The number of ether oxygens (including phenoxy) is 1. The SMILES string of the molecule is C=C(C(=O)OC)C(Cl)(Cl)CCl. The topological polar surface area (TPSA) is 26.3 Å². The Morgan fingerprint density at radius 1 is 1.64 bits per heavy atom. The van der Waals surface area contributed by atoms with Crippen LogP contribution in [0.15, 0.2) is 12.2 Å². The molecule has 5 heteroatoms. The first-order valence-electron chi connectivity index (χ1n) is 2.67. The van der Waals surface area contributed by atoms with Gasteiger partial charge in [0.1, 0.15) is 0 Å². The first-order valence-corrected chi connectivity index (χ1v) is 3.96. The van der Waals surface area contributed by atoms with Crippen molar-refractivity contribution in [1.29, 1.82) is 0 Å². The van der Waals surface area contributed by atoms with Gasteiger partial charge in [0.2, 0.25) is 0 Å². The lowest BCUT2D eigenvalue weighted by atomic mass is 10.2. The highest BCUT2D eigenvalue weighted by molar-refractivity contribution is 6.55. The molecular formula is C6H7Cl3O2. The number of halogens is 3. The van der Waals surface area contributed by atoms with E-state index in [1.165, 1.54) is 7.11 Å². The Hall–Kier alpha value is 0.0800. The third kappa shape index (κ3) is 2.89. The summed E-state index contributed by atoms with van der Waals surface area (Å²) in [6, 6.07) is 0. The monoisotopic (exact) mass is 216 g/mol. The van der Waals surface area contributed by atoms with E-state index in [2.05, 4.69) is 11.3 Å². The first kappa shape index (κ1) is 11.1. The van der Waals surface area contributed by atoms with E-state index in [1.54, 1.807) is 0 Å². The average Bonchev–Trinajstić information content (AvgIpc) is 2.01. The molecule has 0 saturated heterocycles. The van der Waals surface area contributed by atoms with E-state index in [9.17, 15) is 4.79 Å². The van der Waals surface area contributed by atoms with Crippen LogP contribution in [0.2, 0.25) is 0 Å². The van der Waals surface area contributed by atoms with Gasteiger partial charge >= 0.3 is 5.97 Å². The van der Waals surface area contributed by atoms with Gasteiger partial charge in [-0.3, -0.25) is 0 Å². The summed E-state index contributed by atoms with van der Waals surface area (Å²) < 4.78 is 2.90. The zero-order valence-corrected chi connectivity index (χ0v) is 8.13. The van der Waals surface area contributed by atoms with Crippen LogP contribution >= 0.6 is 34.8 Å². The molecule has 0 saturated carbocycles. The van der Waals surface area contributed by atoms with Gasteiger partial charge in [0, 0.05) is 0 Å². The molecule has 0 aromatic rings. The third-order valence-electron chi connectivity index (χ3n) is 1.04. The van der Waals surface area contributed by atoms with Crippen molar-refractivity contribution in [3.63, 3.8) is 0 Å². The number of carbonyl (C=O) groups excluding carboxylic acids is 1. The Bertz CT molecular complexity index is 177. The molecule has 0 unspecified atom stereocenters. The summed E-state index contributed by atoms with van der Waals surface area (Å²) in [5.74, 6) is -0.764. The van der Waals surface area contributed by atoms with Gasteiger partial charge in [-0.15, -0.1) is 11.6 Å². The van der Waals surface area contributed by atoms with Gasteiger partial charge in [0.25, 0.3) is 0 Å². The minimum atomic E-state index is -1.44. The van der Waals surface area contributed by atoms with Gasteiger partial charge in [-0.05, 0) is 0 Å². The highest BCUT2D eigenvalue weighted by Crippen LogP contribution is 2.30. The molecule has 0 radical (unpaired) electrons. The van der Waals surface area contributed by atoms with Crippen LogP contribution in [0.5, 0.6) is 0 Å². The largest absolute Gasteiger partial charge is 0.466 e. The molecule has 0 spiro atoms.